The van der Waals surface area contributed by atoms with Crippen LogP contribution in [-0.2, 0) is 6.54 Å². The normalized spacial score (nSPS) is 10.6. The molecule has 0 spiro atoms. The summed E-state index contributed by atoms with van der Waals surface area (Å²) in [4.78, 5) is 14.1. The molecule has 0 unspecified atom stereocenters. The van der Waals surface area contributed by atoms with E-state index in [9.17, 15) is 13.6 Å². The molecule has 0 amide bonds. The molecule has 1 heterocycles. The number of anilines is 1. The molecule has 0 saturated carbocycles. The summed E-state index contributed by atoms with van der Waals surface area (Å²) in [6.07, 6.45) is -2.56. The van der Waals surface area contributed by atoms with E-state index in [-0.39, 0.29) is 24.2 Å². The summed E-state index contributed by atoms with van der Waals surface area (Å²) in [5.41, 5.74) is 9.87. The van der Waals surface area contributed by atoms with Crippen molar-refractivity contribution < 1.29 is 13.6 Å². The third-order valence-corrected chi connectivity index (χ3v) is 1.71. The predicted octanol–water partition coefficient (Wildman–Crippen LogP) is 0.873. The second-order valence-corrected chi connectivity index (χ2v) is 2.62. The van der Waals surface area contributed by atoms with E-state index in [0.717, 1.165) is 0 Å². The first-order valence-electron chi connectivity index (χ1n) is 3.82. The van der Waals surface area contributed by atoms with Crippen molar-refractivity contribution in [2.45, 2.75) is 13.0 Å². The Morgan fingerprint density at radius 3 is 2.64 bits per heavy atom. The van der Waals surface area contributed by atoms with Crippen LogP contribution in [0.15, 0.2) is 6.07 Å². The van der Waals surface area contributed by atoms with Gasteiger partial charge in [0.1, 0.15) is 5.69 Å². The molecule has 14 heavy (non-hydrogen) atoms. The van der Waals surface area contributed by atoms with Crippen molar-refractivity contribution in [2.75, 3.05) is 5.73 Å². The lowest BCUT2D eigenvalue weighted by atomic mass is 10.1. The summed E-state index contributed by atoms with van der Waals surface area (Å²) < 4.78 is 24.8. The monoisotopic (exact) mass is 201 g/mol. The Morgan fingerprint density at radius 1 is 1.57 bits per heavy atom. The van der Waals surface area contributed by atoms with Crippen molar-refractivity contribution in [1.29, 1.82) is 0 Å². The van der Waals surface area contributed by atoms with Gasteiger partial charge in [0.15, 0.2) is 6.29 Å². The van der Waals surface area contributed by atoms with E-state index in [1.165, 1.54) is 6.07 Å². The average Bonchev–Trinajstić information content (AvgIpc) is 2.15. The van der Waals surface area contributed by atoms with Gasteiger partial charge in [0, 0.05) is 12.2 Å². The van der Waals surface area contributed by atoms with Crippen molar-refractivity contribution in [3.8, 4) is 0 Å². The summed E-state index contributed by atoms with van der Waals surface area (Å²) in [5, 5.41) is 0. The Hall–Kier alpha value is -1.56. The maximum Gasteiger partial charge on any atom is 0.268 e. The molecule has 1 rings (SSSR count). The van der Waals surface area contributed by atoms with Gasteiger partial charge in [-0.15, -0.1) is 0 Å². The summed E-state index contributed by atoms with van der Waals surface area (Å²) >= 11 is 0. The van der Waals surface area contributed by atoms with Gasteiger partial charge in [0.05, 0.1) is 11.3 Å². The number of hydrogen-bond acceptors (Lipinski definition) is 4. The third-order valence-electron chi connectivity index (χ3n) is 1.71. The molecule has 1 aromatic rings. The molecule has 4 N–H and O–H groups in total. The minimum Gasteiger partial charge on any atom is -0.398 e. The summed E-state index contributed by atoms with van der Waals surface area (Å²) in [6.45, 7) is 0.0502. The van der Waals surface area contributed by atoms with Crippen molar-refractivity contribution in [3.63, 3.8) is 0 Å². The molecule has 4 nitrogen and oxygen atoms in total. The zero-order valence-electron chi connectivity index (χ0n) is 7.21. The van der Waals surface area contributed by atoms with Crippen LogP contribution >= 0.6 is 0 Å². The minimum atomic E-state index is -2.81. The van der Waals surface area contributed by atoms with Crippen molar-refractivity contribution in [1.82, 2.24) is 4.98 Å². The second-order valence-electron chi connectivity index (χ2n) is 2.62. The molecule has 0 aliphatic heterocycles. The van der Waals surface area contributed by atoms with E-state index in [2.05, 4.69) is 4.98 Å². The first-order chi connectivity index (χ1) is 6.60. The molecule has 6 heteroatoms. The third kappa shape index (κ3) is 1.85. The Kier molecular flexibility index (Phi) is 3.08. The highest BCUT2D eigenvalue weighted by Crippen LogP contribution is 2.27. The SMILES string of the molecule is NCc1cc(N)c(C(F)F)c(C=O)n1. The number of halogens is 2. The number of rotatable bonds is 3. The topological polar surface area (TPSA) is 82.0 Å². The highest BCUT2D eigenvalue weighted by molar-refractivity contribution is 5.78. The first-order valence-corrected chi connectivity index (χ1v) is 3.82. The van der Waals surface area contributed by atoms with E-state index in [4.69, 9.17) is 11.5 Å². The maximum atomic E-state index is 12.4. The zero-order valence-corrected chi connectivity index (χ0v) is 7.21. The number of nitrogen functional groups attached to an aromatic ring is 1. The minimum absolute atomic E-state index is 0.0502. The molecule has 0 aliphatic rings. The highest BCUT2D eigenvalue weighted by Gasteiger charge is 2.18. The lowest BCUT2D eigenvalue weighted by Gasteiger charge is -2.08. The number of pyridine rings is 1. The van der Waals surface area contributed by atoms with Crippen LogP contribution in [0, 0.1) is 0 Å². The number of nitrogens with two attached hydrogens (primary N) is 2. The average molecular weight is 201 g/mol. The standard InChI is InChI=1S/C8H9F2N3O/c9-8(10)7-5(12)1-4(2-11)13-6(7)3-14/h1,3,8H,2,11H2,(H2,12,13). The van der Waals surface area contributed by atoms with Crippen molar-refractivity contribution in [3.05, 3.63) is 23.0 Å². The largest absolute Gasteiger partial charge is 0.398 e. The van der Waals surface area contributed by atoms with Gasteiger partial charge in [0.2, 0.25) is 0 Å². The summed E-state index contributed by atoms with van der Waals surface area (Å²) in [7, 11) is 0. The second kappa shape index (κ2) is 4.10. The fraction of sp³-hybridized carbons (Fsp3) is 0.250. The van der Waals surface area contributed by atoms with Crippen LogP contribution in [0.25, 0.3) is 0 Å². The fourth-order valence-corrected chi connectivity index (χ4v) is 1.08. The van der Waals surface area contributed by atoms with Crippen LogP contribution in [-0.4, -0.2) is 11.3 Å². The fourth-order valence-electron chi connectivity index (χ4n) is 1.08. The first kappa shape index (κ1) is 10.5. The summed E-state index contributed by atoms with van der Waals surface area (Å²) in [6, 6.07) is 1.24. The molecule has 0 aliphatic carbocycles. The molecule has 0 bridgehead atoms. The Labute approximate surface area is 78.9 Å². The van der Waals surface area contributed by atoms with E-state index in [1.807, 2.05) is 0 Å². The molecule has 0 saturated heterocycles. The highest BCUT2D eigenvalue weighted by atomic mass is 19.3. The van der Waals surface area contributed by atoms with E-state index >= 15 is 0 Å². The lowest BCUT2D eigenvalue weighted by molar-refractivity contribution is 0.110. The van der Waals surface area contributed by atoms with Crippen molar-refractivity contribution in [2.24, 2.45) is 5.73 Å². The van der Waals surface area contributed by atoms with Crippen LogP contribution in [0.3, 0.4) is 0 Å². The molecule has 1 aromatic heterocycles. The van der Waals surface area contributed by atoms with Crippen LogP contribution < -0.4 is 11.5 Å². The van der Waals surface area contributed by atoms with E-state index < -0.39 is 12.0 Å². The van der Waals surface area contributed by atoms with Crippen LogP contribution in [0.5, 0.6) is 0 Å². The number of aldehydes is 1. The van der Waals surface area contributed by atoms with E-state index in [1.54, 1.807) is 0 Å². The number of hydrogen-bond donors (Lipinski definition) is 2. The molecule has 0 radical (unpaired) electrons. The van der Waals surface area contributed by atoms with Gasteiger partial charge in [0.25, 0.3) is 6.43 Å². The van der Waals surface area contributed by atoms with Crippen LogP contribution in [0.1, 0.15) is 28.2 Å². The van der Waals surface area contributed by atoms with Gasteiger partial charge in [-0.2, -0.15) is 0 Å². The number of nitrogens with zero attached hydrogens (tertiary/aromatic N) is 1. The molecule has 76 valence electrons. The van der Waals surface area contributed by atoms with E-state index in [0.29, 0.717) is 5.69 Å². The molecular formula is C8H9F2N3O. The van der Waals surface area contributed by atoms with Gasteiger partial charge in [-0.3, -0.25) is 4.79 Å². The van der Waals surface area contributed by atoms with Crippen LogP contribution in [0.4, 0.5) is 14.5 Å². The summed E-state index contributed by atoms with van der Waals surface area (Å²) in [5.74, 6) is 0. The zero-order chi connectivity index (χ0) is 10.7. The smallest absolute Gasteiger partial charge is 0.268 e. The molecule has 0 atom stereocenters. The number of carbonyl (C=O) groups excluding carboxylic acids is 1. The Morgan fingerprint density at radius 2 is 2.21 bits per heavy atom. The number of carbonyl (C=O) groups is 1. The van der Waals surface area contributed by atoms with Gasteiger partial charge >= 0.3 is 0 Å². The maximum absolute atomic E-state index is 12.4. The lowest BCUT2D eigenvalue weighted by Crippen LogP contribution is -2.08. The molecule has 0 fully saturated rings. The molecule has 0 aromatic carbocycles. The van der Waals surface area contributed by atoms with Gasteiger partial charge < -0.3 is 11.5 Å². The predicted molar refractivity (Wildman–Crippen MR) is 46.9 cm³/mol. The number of aromatic nitrogens is 1. The Bertz CT molecular complexity index is 355. The van der Waals surface area contributed by atoms with Crippen molar-refractivity contribution >= 4 is 12.0 Å². The van der Waals surface area contributed by atoms with Crippen LogP contribution in [0.2, 0.25) is 0 Å². The van der Waals surface area contributed by atoms with Gasteiger partial charge in [-0.1, -0.05) is 0 Å². The quantitative estimate of drug-likeness (QED) is 0.711. The Balaban J connectivity index is 3.34. The van der Waals surface area contributed by atoms with Gasteiger partial charge in [-0.05, 0) is 6.07 Å². The molecular weight excluding hydrogens is 192 g/mol. The number of alkyl halides is 2. The van der Waals surface area contributed by atoms with Gasteiger partial charge in [-0.25, -0.2) is 13.8 Å².